The number of hydrogen-bond donors (Lipinski definition) is 0. The largest absolute Gasteiger partial charge is 0.497 e. The molecule has 0 aliphatic heterocycles. The summed E-state index contributed by atoms with van der Waals surface area (Å²) in [6.45, 7) is 46.0. The minimum absolute atomic E-state index is 0.0156. The molecule has 11 aromatic carbocycles. The normalized spacial score (nSPS) is 10.8. The van der Waals surface area contributed by atoms with Gasteiger partial charge in [0.2, 0.25) is 0 Å². The molecule has 706 valence electrons. The Morgan fingerprint density at radius 1 is 0.215 bits per heavy atom. The van der Waals surface area contributed by atoms with E-state index in [1.807, 2.05) is 157 Å². The van der Waals surface area contributed by atoms with Crippen LogP contribution in [0.5, 0.6) is 63.2 Å². The molecule has 0 N–H and O–H groups in total. The fraction of sp³-hybridized carbons (Fsp3) is 0.421. The van der Waals surface area contributed by atoms with Gasteiger partial charge in [0.05, 0.1) is 86.9 Å². The molecule has 0 atom stereocenters. The molecular weight excluding hydrogens is 1630 g/mol. The van der Waals surface area contributed by atoms with E-state index in [4.69, 9.17) is 66.3 Å². The number of rotatable bonds is 43. The average molecular weight is 1780 g/mol. The highest BCUT2D eigenvalue weighted by molar-refractivity contribution is 5.53. The fourth-order valence-corrected chi connectivity index (χ4v) is 14.6. The van der Waals surface area contributed by atoms with Crippen LogP contribution in [0.1, 0.15) is 200 Å². The highest BCUT2D eigenvalue weighted by Crippen LogP contribution is 2.42. The van der Waals surface area contributed by atoms with Crippen molar-refractivity contribution < 1.29 is 75.8 Å². The van der Waals surface area contributed by atoms with Crippen LogP contribution in [-0.4, -0.2) is 122 Å². The Bertz CT molecular complexity index is 4350. The van der Waals surface area contributed by atoms with Gasteiger partial charge in [0.1, 0.15) is 83.1 Å². The molecule has 0 saturated carbocycles. The van der Waals surface area contributed by atoms with Crippen LogP contribution >= 0.6 is 0 Å². The van der Waals surface area contributed by atoms with Crippen molar-refractivity contribution in [2.45, 2.75) is 194 Å². The zero-order valence-electron chi connectivity index (χ0n) is 83.2. The first-order chi connectivity index (χ1) is 62.8. The molecule has 130 heavy (non-hydrogen) atoms. The maximum Gasteiger partial charge on any atom is 0.123 e. The SMILES string of the molecule is CCOc1cc(COc2ccc(C(C)(c3ccc(OCc4cc(OCC)cc(OCC)c4)cc3)c3ccc(OCc4cc(OCC)cc(OCC)c4)cc3)cc2)cc(OCC)c1.CCc1cc(CC)c(CC)cc1CC.CCc1ccc(CC)cc1.COCC(C)(COC)COC.COCCOC.COc1ccc(C(C)(C)c2ccc(OC)cc2)cc1.Cc1ccc(C)cc1. The number of hydrogen-bond acceptors (Lipinski definition) is 16. The molecule has 0 aliphatic carbocycles. The van der Waals surface area contributed by atoms with E-state index in [-0.39, 0.29) is 10.8 Å². The molecule has 11 aromatic rings. The number of methoxy groups -OCH3 is 7. The van der Waals surface area contributed by atoms with Crippen molar-refractivity contribution in [2.75, 3.05) is 122 Å². The predicted molar refractivity (Wildman–Crippen MR) is 535 cm³/mol. The van der Waals surface area contributed by atoms with Crippen molar-refractivity contribution in [3.8, 4) is 63.2 Å². The highest BCUT2D eigenvalue weighted by Gasteiger charge is 2.32. The van der Waals surface area contributed by atoms with E-state index >= 15 is 0 Å². The zero-order chi connectivity index (χ0) is 95.1. The maximum atomic E-state index is 6.30. The molecule has 0 saturated heterocycles. The van der Waals surface area contributed by atoms with Crippen LogP contribution in [0.3, 0.4) is 0 Å². The van der Waals surface area contributed by atoms with Gasteiger partial charge in [0.15, 0.2) is 0 Å². The molecular formula is C114H154O16. The van der Waals surface area contributed by atoms with Gasteiger partial charge >= 0.3 is 0 Å². The van der Waals surface area contributed by atoms with Crippen LogP contribution in [0.15, 0.2) is 237 Å². The number of ether oxygens (including phenoxy) is 16. The van der Waals surface area contributed by atoms with Crippen LogP contribution in [0.4, 0.5) is 0 Å². The Morgan fingerprint density at radius 2 is 0.446 bits per heavy atom. The summed E-state index contributed by atoms with van der Waals surface area (Å²) in [7, 11) is 11.7. The van der Waals surface area contributed by atoms with Gasteiger partial charge in [-0.2, -0.15) is 0 Å². The second-order valence-electron chi connectivity index (χ2n) is 32.3. The first-order valence-electron chi connectivity index (χ1n) is 46.2. The average Bonchev–Trinajstić information content (AvgIpc) is 0.725. The van der Waals surface area contributed by atoms with Crippen LogP contribution in [0.25, 0.3) is 0 Å². The van der Waals surface area contributed by atoms with Crippen LogP contribution in [0.2, 0.25) is 0 Å². The second-order valence-corrected chi connectivity index (χ2v) is 32.3. The summed E-state index contributed by atoms with van der Waals surface area (Å²) in [5.74, 6) is 8.58. The third-order valence-corrected chi connectivity index (χ3v) is 21.9. The Morgan fingerprint density at radius 3 is 0.646 bits per heavy atom. The minimum atomic E-state index is -0.551. The first-order valence-corrected chi connectivity index (χ1v) is 46.2. The molecule has 0 unspecified atom stereocenters. The summed E-state index contributed by atoms with van der Waals surface area (Å²) in [5, 5.41) is 0. The zero-order valence-corrected chi connectivity index (χ0v) is 83.2. The van der Waals surface area contributed by atoms with Gasteiger partial charge in [-0.25, -0.2) is 0 Å². The van der Waals surface area contributed by atoms with Gasteiger partial charge < -0.3 is 75.8 Å². The summed E-state index contributed by atoms with van der Waals surface area (Å²) in [6.07, 6.45) is 6.95. The molecule has 0 amide bonds. The molecule has 0 fully saturated rings. The van der Waals surface area contributed by atoms with Gasteiger partial charge in [-0.05, 0) is 276 Å². The topological polar surface area (TPSA) is 148 Å². The Balaban J connectivity index is 0.000000348. The van der Waals surface area contributed by atoms with Crippen molar-refractivity contribution in [1.82, 2.24) is 0 Å². The minimum Gasteiger partial charge on any atom is -0.497 e. The molecule has 0 aliphatic rings. The summed E-state index contributed by atoms with van der Waals surface area (Å²) >= 11 is 0. The highest BCUT2D eigenvalue weighted by atomic mass is 16.5. The smallest absolute Gasteiger partial charge is 0.123 e. The summed E-state index contributed by atoms with van der Waals surface area (Å²) in [6, 6.07) is 81.2. The van der Waals surface area contributed by atoms with Crippen LogP contribution < -0.4 is 52.1 Å². The lowest BCUT2D eigenvalue weighted by molar-refractivity contribution is -0.0266. The van der Waals surface area contributed by atoms with E-state index in [1.165, 1.54) is 59.1 Å². The van der Waals surface area contributed by atoms with Crippen LogP contribution in [0, 0.1) is 19.3 Å². The van der Waals surface area contributed by atoms with Crippen molar-refractivity contribution in [2.24, 2.45) is 5.41 Å². The van der Waals surface area contributed by atoms with Gasteiger partial charge in [-0.1, -0.05) is 195 Å². The van der Waals surface area contributed by atoms with Crippen molar-refractivity contribution in [3.05, 3.63) is 326 Å². The summed E-state index contributed by atoms with van der Waals surface area (Å²) in [4.78, 5) is 0. The van der Waals surface area contributed by atoms with E-state index in [1.54, 1.807) is 72.0 Å². The van der Waals surface area contributed by atoms with E-state index in [0.29, 0.717) is 92.5 Å². The lowest BCUT2D eigenvalue weighted by Gasteiger charge is -2.32. The Kier molecular flexibility index (Phi) is 51.2. The summed E-state index contributed by atoms with van der Waals surface area (Å²) in [5.41, 5.74) is 19.8. The molecule has 0 aromatic heterocycles. The molecule has 16 nitrogen and oxygen atoms in total. The van der Waals surface area contributed by atoms with Crippen molar-refractivity contribution in [1.29, 1.82) is 0 Å². The van der Waals surface area contributed by atoms with Crippen molar-refractivity contribution >= 4 is 0 Å². The second kappa shape index (κ2) is 60.8. The number of benzene rings is 11. The molecule has 16 heteroatoms. The monoisotopic (exact) mass is 1780 g/mol. The Hall–Kier alpha value is -11.0. The predicted octanol–water partition coefficient (Wildman–Crippen LogP) is 26.5. The first kappa shape index (κ1) is 110. The lowest BCUT2D eigenvalue weighted by atomic mass is 9.71. The van der Waals surface area contributed by atoms with Gasteiger partial charge in [-0.15, -0.1) is 0 Å². The van der Waals surface area contributed by atoms with E-state index in [2.05, 4.69) is 214 Å². The van der Waals surface area contributed by atoms with E-state index in [9.17, 15) is 0 Å². The van der Waals surface area contributed by atoms with Gasteiger partial charge in [0.25, 0.3) is 0 Å². The molecule has 0 bridgehead atoms. The van der Waals surface area contributed by atoms with E-state index < -0.39 is 5.41 Å². The molecule has 0 radical (unpaired) electrons. The maximum absolute atomic E-state index is 6.30. The van der Waals surface area contributed by atoms with Gasteiger partial charge in [-0.3, -0.25) is 0 Å². The third-order valence-electron chi connectivity index (χ3n) is 21.9. The quantitative estimate of drug-likeness (QED) is 0.0263. The molecule has 0 heterocycles. The molecule has 0 spiro atoms. The van der Waals surface area contributed by atoms with Crippen LogP contribution in [-0.2, 0) is 92.9 Å². The summed E-state index contributed by atoms with van der Waals surface area (Å²) < 4.78 is 88.5. The Labute approximate surface area is 781 Å². The fourth-order valence-electron chi connectivity index (χ4n) is 14.6. The molecule has 11 rings (SSSR count). The van der Waals surface area contributed by atoms with E-state index in [0.717, 1.165) is 109 Å². The number of aryl methyl sites for hydroxylation is 8. The van der Waals surface area contributed by atoms with Crippen molar-refractivity contribution in [3.63, 3.8) is 0 Å². The van der Waals surface area contributed by atoms with Gasteiger partial charge in [0, 0.05) is 70.0 Å². The lowest BCUT2D eigenvalue weighted by Crippen LogP contribution is -2.32. The standard InChI is InChI=1S/C53H60O9.C17H20O2.C14H22.C10H14.C8H18O3.C8H10.C4H10O2/c1-8-54-47-26-38(27-48(32-47)55-9-2)35-60-44-20-14-41(15-21-44)53(7,42-16-22-45(23-17-42)61-36-39-28-49(56-10-3)33-50(29-39)57-11-4)43-18-24-46(25-19-43)62-37-40-30-51(58-12-5)34-52(31-40)59-13-6;1-17(2,13-5-9-15(18-3)10-6-13)14-7-11-16(19-4)12-8-14;1-5-11-9-13(7-3)14(8-4)10-12(11)6-2;1-3-9-5-7-10(4-2)8-6-9;1-8(5-9-2,6-10-3)7-11-4;1-7-3-5-8(2)6-4-7;1-5-3-4-6-2/h14-34H,8-13,35-37H2,1-7H3;5-12H,1-4H3;9-10H,5-8H2,1-4H3;5-8H,3-4H2,1-2H3;5-7H2,1-4H3;3-6H,1-2H3;3-4H2,1-2H3. The third kappa shape index (κ3) is 37.5.